The van der Waals surface area contributed by atoms with Crippen LogP contribution < -0.4 is 5.84 Å². The maximum atomic E-state index is 10.5. The van der Waals surface area contributed by atoms with Crippen molar-refractivity contribution in [3.8, 4) is 0 Å². The fourth-order valence-corrected chi connectivity index (χ4v) is 1.14. The van der Waals surface area contributed by atoms with Crippen molar-refractivity contribution in [3.05, 3.63) is 56.6 Å². The maximum Gasteiger partial charge on any atom is 0.336 e. The molecule has 110 valence electrons. The van der Waals surface area contributed by atoms with E-state index in [4.69, 9.17) is 10.9 Å². The SMILES string of the molecule is Nn1cnnc1.O=C(O)c1cc([N+](=O)[O-])cc([N+](=O)[O-])c1. The van der Waals surface area contributed by atoms with Crippen LogP contribution in [0, 0.1) is 20.2 Å². The van der Waals surface area contributed by atoms with Gasteiger partial charge < -0.3 is 10.9 Å². The molecule has 1 aromatic heterocycles. The van der Waals surface area contributed by atoms with E-state index in [1.807, 2.05) is 0 Å². The van der Waals surface area contributed by atoms with Crippen molar-refractivity contribution in [3.63, 3.8) is 0 Å². The van der Waals surface area contributed by atoms with Gasteiger partial charge in [0.1, 0.15) is 12.7 Å². The lowest BCUT2D eigenvalue weighted by Gasteiger charge is -1.96. The van der Waals surface area contributed by atoms with Crippen LogP contribution in [0.2, 0.25) is 0 Å². The molecule has 2 aromatic rings. The maximum absolute atomic E-state index is 10.5. The number of non-ortho nitro benzene ring substituents is 2. The molecule has 0 unspecified atom stereocenters. The molecule has 1 heterocycles. The van der Waals surface area contributed by atoms with E-state index >= 15 is 0 Å². The predicted octanol–water partition coefficient (Wildman–Crippen LogP) is 0.193. The van der Waals surface area contributed by atoms with Crippen molar-refractivity contribution in [1.82, 2.24) is 14.9 Å². The number of hydrogen-bond donors (Lipinski definition) is 2. The summed E-state index contributed by atoms with van der Waals surface area (Å²) in [4.78, 5) is 29.4. The van der Waals surface area contributed by atoms with Crippen LogP contribution in [0.4, 0.5) is 11.4 Å². The van der Waals surface area contributed by atoms with Crippen LogP contribution in [0.25, 0.3) is 0 Å². The molecule has 0 spiro atoms. The van der Waals surface area contributed by atoms with Gasteiger partial charge in [-0.25, -0.2) is 9.47 Å². The van der Waals surface area contributed by atoms with Crippen LogP contribution >= 0.6 is 0 Å². The Bertz CT molecular complexity index is 590. The quantitative estimate of drug-likeness (QED) is 0.453. The van der Waals surface area contributed by atoms with E-state index in [0.29, 0.717) is 6.07 Å². The summed E-state index contributed by atoms with van der Waals surface area (Å²) < 4.78 is 1.28. The average Bonchev–Trinajstić information content (AvgIpc) is 2.89. The van der Waals surface area contributed by atoms with Gasteiger partial charge in [-0.2, -0.15) is 0 Å². The number of rotatable bonds is 3. The molecule has 12 heteroatoms. The number of carboxylic acid groups (broad SMARTS) is 1. The molecule has 0 aliphatic rings. The van der Waals surface area contributed by atoms with Crippen LogP contribution in [0.15, 0.2) is 30.9 Å². The Balaban J connectivity index is 0.000000304. The van der Waals surface area contributed by atoms with Crippen molar-refractivity contribution < 1.29 is 19.7 Å². The second-order valence-electron chi connectivity index (χ2n) is 3.47. The van der Waals surface area contributed by atoms with Crippen LogP contribution in [0.1, 0.15) is 10.4 Å². The normalized spacial score (nSPS) is 9.33. The van der Waals surface area contributed by atoms with E-state index in [9.17, 15) is 25.0 Å². The first-order valence-corrected chi connectivity index (χ1v) is 5.08. The average molecular weight is 296 g/mol. The first kappa shape index (κ1) is 15.5. The monoisotopic (exact) mass is 296 g/mol. The highest BCUT2D eigenvalue weighted by Crippen LogP contribution is 2.22. The summed E-state index contributed by atoms with van der Waals surface area (Å²) >= 11 is 0. The summed E-state index contributed by atoms with van der Waals surface area (Å²) in [5.41, 5.74) is -1.74. The Labute approximate surface area is 115 Å². The van der Waals surface area contributed by atoms with Crippen LogP contribution in [-0.4, -0.2) is 35.8 Å². The Morgan fingerprint density at radius 2 is 1.52 bits per heavy atom. The number of nitrogen functional groups attached to an aromatic ring is 1. The predicted molar refractivity (Wildman–Crippen MR) is 66.9 cm³/mol. The number of carbonyl (C=O) groups is 1. The third kappa shape index (κ3) is 4.55. The first-order valence-electron chi connectivity index (χ1n) is 5.08. The largest absolute Gasteiger partial charge is 0.478 e. The summed E-state index contributed by atoms with van der Waals surface area (Å²) in [5.74, 6) is 3.61. The molecule has 0 radical (unpaired) electrons. The zero-order valence-corrected chi connectivity index (χ0v) is 10.2. The van der Waals surface area contributed by atoms with E-state index in [0.717, 1.165) is 12.1 Å². The van der Waals surface area contributed by atoms with Crippen molar-refractivity contribution >= 4 is 17.3 Å². The second kappa shape index (κ2) is 6.55. The number of nitrogens with two attached hydrogens (primary N) is 1. The van der Waals surface area contributed by atoms with Crippen LogP contribution in [0.3, 0.4) is 0 Å². The van der Waals surface area contributed by atoms with Gasteiger partial charge in [0.2, 0.25) is 0 Å². The van der Waals surface area contributed by atoms with Crippen molar-refractivity contribution in [2.24, 2.45) is 0 Å². The van der Waals surface area contributed by atoms with Crippen molar-refractivity contribution in [1.29, 1.82) is 0 Å². The lowest BCUT2D eigenvalue weighted by molar-refractivity contribution is -0.394. The molecule has 0 saturated carbocycles. The van der Waals surface area contributed by atoms with Crippen molar-refractivity contribution in [2.45, 2.75) is 0 Å². The number of carboxylic acids is 1. The molecular weight excluding hydrogens is 288 g/mol. The Morgan fingerprint density at radius 3 is 1.76 bits per heavy atom. The van der Waals surface area contributed by atoms with E-state index < -0.39 is 32.8 Å². The molecule has 0 aliphatic heterocycles. The molecule has 0 fully saturated rings. The first-order chi connectivity index (χ1) is 9.81. The molecule has 21 heavy (non-hydrogen) atoms. The molecule has 0 amide bonds. The molecule has 2 rings (SSSR count). The zero-order valence-electron chi connectivity index (χ0n) is 10.2. The Kier molecular flexibility index (Phi) is 4.83. The zero-order chi connectivity index (χ0) is 16.0. The minimum atomic E-state index is -1.46. The summed E-state index contributed by atoms with van der Waals surface area (Å²) in [5, 5.41) is 36.1. The molecule has 3 N–H and O–H groups in total. The summed E-state index contributed by atoms with van der Waals surface area (Å²) in [6, 6.07) is 2.22. The molecule has 0 saturated heterocycles. The number of aromatic carboxylic acids is 1. The van der Waals surface area contributed by atoms with E-state index in [1.165, 1.54) is 17.3 Å². The minimum absolute atomic E-state index is 0.490. The van der Waals surface area contributed by atoms with Gasteiger partial charge in [-0.15, -0.1) is 10.2 Å². The number of benzene rings is 1. The highest BCUT2D eigenvalue weighted by Gasteiger charge is 2.19. The Hall–Kier alpha value is -3.57. The number of nitro benzene ring substituents is 2. The van der Waals surface area contributed by atoms with Gasteiger partial charge in [-0.3, -0.25) is 20.2 Å². The van der Waals surface area contributed by atoms with E-state index in [2.05, 4.69) is 10.2 Å². The van der Waals surface area contributed by atoms with Gasteiger partial charge in [-0.05, 0) is 0 Å². The van der Waals surface area contributed by atoms with Gasteiger partial charge in [0.25, 0.3) is 11.4 Å². The third-order valence-electron chi connectivity index (χ3n) is 2.01. The van der Waals surface area contributed by atoms with Gasteiger partial charge >= 0.3 is 5.97 Å². The molecule has 0 atom stereocenters. The highest BCUT2D eigenvalue weighted by atomic mass is 16.6. The van der Waals surface area contributed by atoms with Gasteiger partial charge in [0, 0.05) is 12.1 Å². The summed E-state index contributed by atoms with van der Waals surface area (Å²) in [6.45, 7) is 0. The van der Waals surface area contributed by atoms with E-state index in [-0.39, 0.29) is 0 Å². The third-order valence-corrected chi connectivity index (χ3v) is 2.01. The summed E-state index contributed by atoms with van der Waals surface area (Å²) in [6.07, 6.45) is 2.83. The lowest BCUT2D eigenvalue weighted by Crippen LogP contribution is -2.02. The Morgan fingerprint density at radius 1 is 1.10 bits per heavy atom. The fraction of sp³-hybridized carbons (Fsp3) is 0. The number of hydrogen-bond acceptors (Lipinski definition) is 8. The molecular formula is C9H8N6O6. The molecule has 0 aliphatic carbocycles. The smallest absolute Gasteiger partial charge is 0.336 e. The van der Waals surface area contributed by atoms with E-state index in [1.54, 1.807) is 0 Å². The molecule has 1 aromatic carbocycles. The lowest BCUT2D eigenvalue weighted by atomic mass is 10.2. The van der Waals surface area contributed by atoms with Crippen LogP contribution in [0.5, 0.6) is 0 Å². The minimum Gasteiger partial charge on any atom is -0.478 e. The number of nitro groups is 2. The van der Waals surface area contributed by atoms with Crippen LogP contribution in [-0.2, 0) is 0 Å². The number of nitrogens with zero attached hydrogens (tertiary/aromatic N) is 5. The standard InChI is InChI=1S/C7H4N2O6.C2H4N4/c10-7(11)4-1-5(8(12)13)3-6(2-4)9(14)15;3-6-1-4-5-2-6/h1-3H,(H,10,11);1-2H,3H2. The summed E-state index contributed by atoms with van der Waals surface area (Å²) in [7, 11) is 0. The topological polar surface area (TPSA) is 180 Å². The highest BCUT2D eigenvalue weighted by molar-refractivity contribution is 5.89. The van der Waals surface area contributed by atoms with Gasteiger partial charge in [0.15, 0.2) is 0 Å². The second-order valence-corrected chi connectivity index (χ2v) is 3.47. The fourth-order valence-electron chi connectivity index (χ4n) is 1.14. The molecule has 12 nitrogen and oxygen atoms in total. The van der Waals surface area contributed by atoms with Crippen molar-refractivity contribution in [2.75, 3.05) is 5.84 Å². The van der Waals surface area contributed by atoms with Gasteiger partial charge in [0.05, 0.1) is 21.5 Å². The molecule has 0 bridgehead atoms. The number of aromatic nitrogens is 3. The van der Waals surface area contributed by atoms with Gasteiger partial charge in [-0.1, -0.05) is 0 Å².